The number of nitrogens with zero attached hydrogens (tertiary/aromatic N) is 2. The van der Waals surface area contributed by atoms with Crippen molar-refractivity contribution in [1.82, 2.24) is 9.80 Å². The van der Waals surface area contributed by atoms with Crippen molar-refractivity contribution in [1.29, 1.82) is 0 Å². The fourth-order valence-electron chi connectivity index (χ4n) is 3.02. The molecule has 2 saturated heterocycles. The summed E-state index contributed by atoms with van der Waals surface area (Å²) in [7, 11) is 2.42. The molecule has 0 bridgehead atoms. The van der Waals surface area contributed by atoms with E-state index in [1.54, 1.807) is 11.8 Å². The highest BCUT2D eigenvalue weighted by Crippen LogP contribution is 2.42. The van der Waals surface area contributed by atoms with E-state index in [-0.39, 0.29) is 12.0 Å². The molecule has 2 heterocycles. The third kappa shape index (κ3) is 2.21. The van der Waals surface area contributed by atoms with Gasteiger partial charge in [-0.15, -0.1) is 0 Å². The number of carbonyl (C=O) groups is 4. The molecule has 0 radical (unpaired) electrons. The van der Waals surface area contributed by atoms with E-state index in [0.29, 0.717) is 18.8 Å². The Bertz CT molecular complexity index is 639. The van der Waals surface area contributed by atoms with Crippen LogP contribution < -0.4 is 0 Å². The first-order chi connectivity index (χ1) is 10.9. The molecule has 2 fully saturated rings. The van der Waals surface area contributed by atoms with Gasteiger partial charge in [0.1, 0.15) is 5.57 Å². The number of esters is 1. The molecule has 0 saturated carbocycles. The smallest absolute Gasteiger partial charge is 0.417 e. The van der Waals surface area contributed by atoms with E-state index >= 15 is 0 Å². The molecule has 0 N–H and O–H groups in total. The van der Waals surface area contributed by atoms with E-state index in [1.165, 1.54) is 14.2 Å². The van der Waals surface area contributed by atoms with Gasteiger partial charge >= 0.3 is 12.1 Å². The first-order valence-electron chi connectivity index (χ1n) is 7.12. The maximum absolute atomic E-state index is 12.8. The Balaban J connectivity index is 2.02. The molecule has 1 atom stereocenters. The van der Waals surface area contributed by atoms with Gasteiger partial charge in [0.25, 0.3) is 11.5 Å². The van der Waals surface area contributed by atoms with Crippen molar-refractivity contribution < 1.29 is 28.7 Å². The number of hydrogen-bond donors (Lipinski definition) is 0. The Morgan fingerprint density at radius 1 is 1.26 bits per heavy atom. The fourth-order valence-corrected chi connectivity index (χ4v) is 3.93. The zero-order valence-corrected chi connectivity index (χ0v) is 13.6. The molecule has 0 aromatic carbocycles. The van der Waals surface area contributed by atoms with E-state index in [1.807, 2.05) is 4.90 Å². The molecule has 0 unspecified atom stereocenters. The van der Waals surface area contributed by atoms with E-state index < -0.39 is 29.4 Å². The molecule has 9 heteroatoms. The molecule has 3 aliphatic rings. The first-order valence-corrected chi connectivity index (χ1v) is 8.28. The van der Waals surface area contributed by atoms with Crippen LogP contribution in [-0.4, -0.2) is 77.9 Å². The molecule has 2 aliphatic heterocycles. The summed E-state index contributed by atoms with van der Waals surface area (Å²) in [6, 6.07) is 0. The highest BCUT2D eigenvalue weighted by Gasteiger charge is 2.64. The number of ether oxygens (including phenoxy) is 2. The molecule has 1 spiro atoms. The molecule has 2 amide bonds. The Kier molecular flexibility index (Phi) is 3.83. The van der Waals surface area contributed by atoms with E-state index in [0.717, 1.165) is 16.4 Å². The van der Waals surface area contributed by atoms with Gasteiger partial charge in [-0.05, 0) is 0 Å². The van der Waals surface area contributed by atoms with Gasteiger partial charge in [-0.25, -0.2) is 14.5 Å². The predicted octanol–water partition coefficient (Wildman–Crippen LogP) is -0.218. The monoisotopic (exact) mass is 340 g/mol. The average molecular weight is 340 g/mol. The molecule has 23 heavy (non-hydrogen) atoms. The van der Waals surface area contributed by atoms with Crippen molar-refractivity contribution in [2.75, 3.05) is 38.8 Å². The Labute approximate surface area is 136 Å². The summed E-state index contributed by atoms with van der Waals surface area (Å²) in [5, 5.41) is 0. The van der Waals surface area contributed by atoms with Crippen LogP contribution in [0.15, 0.2) is 11.3 Å². The topological polar surface area (TPSA) is 93.2 Å². The van der Waals surface area contributed by atoms with Gasteiger partial charge in [0.15, 0.2) is 0 Å². The van der Waals surface area contributed by atoms with E-state index in [4.69, 9.17) is 9.47 Å². The Morgan fingerprint density at radius 2 is 1.91 bits per heavy atom. The van der Waals surface area contributed by atoms with E-state index in [9.17, 15) is 19.2 Å². The molecule has 8 nitrogen and oxygen atoms in total. The maximum atomic E-state index is 12.8. The minimum Gasteiger partial charge on any atom is -0.465 e. The lowest BCUT2D eigenvalue weighted by molar-refractivity contribution is -0.146. The zero-order chi connectivity index (χ0) is 16.8. The molecular formula is C14H16N2O6S. The summed E-state index contributed by atoms with van der Waals surface area (Å²) in [4.78, 5) is 51.6. The number of methoxy groups -OCH3 is 1. The van der Waals surface area contributed by atoms with Gasteiger partial charge in [-0.2, -0.15) is 11.8 Å². The van der Waals surface area contributed by atoms with Gasteiger partial charge in [0.2, 0.25) is 5.78 Å². The van der Waals surface area contributed by atoms with Crippen molar-refractivity contribution in [2.45, 2.75) is 12.0 Å². The molecule has 0 aromatic heterocycles. The van der Waals surface area contributed by atoms with Crippen LogP contribution in [0, 0.1) is 0 Å². The lowest BCUT2D eigenvalue weighted by atomic mass is 9.97. The van der Waals surface area contributed by atoms with Gasteiger partial charge in [0, 0.05) is 43.8 Å². The second-order valence-corrected chi connectivity index (χ2v) is 6.70. The molecule has 3 rings (SSSR count). The quantitative estimate of drug-likeness (QED) is 0.387. The summed E-state index contributed by atoms with van der Waals surface area (Å²) in [6.45, 7) is 1.31. The third-order valence-corrected chi connectivity index (χ3v) is 5.21. The number of thioether (sulfide) groups is 1. The summed E-state index contributed by atoms with van der Waals surface area (Å²) < 4.78 is 9.80. The van der Waals surface area contributed by atoms with Gasteiger partial charge < -0.3 is 14.4 Å². The summed E-state index contributed by atoms with van der Waals surface area (Å²) >= 11 is 1.77. The normalized spacial score (nSPS) is 28.0. The second kappa shape index (κ2) is 5.55. The van der Waals surface area contributed by atoms with Crippen molar-refractivity contribution in [3.63, 3.8) is 0 Å². The Morgan fingerprint density at radius 3 is 2.43 bits per heavy atom. The largest absolute Gasteiger partial charge is 0.465 e. The van der Waals surface area contributed by atoms with Crippen LogP contribution in [0.5, 0.6) is 0 Å². The lowest BCUT2D eigenvalue weighted by Gasteiger charge is -2.30. The minimum absolute atomic E-state index is 0.115. The van der Waals surface area contributed by atoms with Gasteiger partial charge in [-0.3, -0.25) is 9.59 Å². The molecule has 124 valence electrons. The number of carbonyl (C=O) groups excluding carboxylic acids is 4. The highest BCUT2D eigenvalue weighted by atomic mass is 32.2. The third-order valence-electron chi connectivity index (χ3n) is 4.27. The average Bonchev–Trinajstić information content (AvgIpc) is 2.98. The number of ketones is 1. The maximum Gasteiger partial charge on any atom is 0.417 e. The van der Waals surface area contributed by atoms with Crippen molar-refractivity contribution in [3.8, 4) is 0 Å². The molecule has 0 aromatic rings. The van der Waals surface area contributed by atoms with Crippen LogP contribution in [0.3, 0.4) is 0 Å². The number of Topliss-reactive ketones (excluding diaryl/α,β-unsaturated/α-hetero) is 1. The predicted molar refractivity (Wildman–Crippen MR) is 79.5 cm³/mol. The highest BCUT2D eigenvalue weighted by molar-refractivity contribution is 7.99. The SMILES string of the molecule is COC(=O)C1=C(N2CCSCC2)C[C@@]2(OC(=O)N(C)C2=O)C1=O. The van der Waals surface area contributed by atoms with Crippen LogP contribution in [0.25, 0.3) is 0 Å². The van der Waals surface area contributed by atoms with E-state index in [2.05, 4.69) is 0 Å². The van der Waals surface area contributed by atoms with Crippen LogP contribution in [-0.2, 0) is 23.9 Å². The van der Waals surface area contributed by atoms with Crippen LogP contribution in [0.2, 0.25) is 0 Å². The summed E-state index contributed by atoms with van der Waals surface area (Å²) in [5.74, 6) is -0.631. The van der Waals surface area contributed by atoms with Crippen molar-refractivity contribution in [3.05, 3.63) is 11.3 Å². The first kappa shape index (κ1) is 15.9. The standard InChI is InChI=1S/C14H16N2O6S/c1-15-12(19)14(22-13(15)20)7-8(16-3-5-23-6-4-16)9(10(14)17)11(18)21-2/h3-7H2,1-2H3/t14-/m1/s1. The lowest BCUT2D eigenvalue weighted by Crippen LogP contribution is -2.45. The second-order valence-electron chi connectivity index (χ2n) is 5.48. The summed E-state index contributed by atoms with van der Waals surface area (Å²) in [5.41, 5.74) is -1.70. The van der Waals surface area contributed by atoms with Gasteiger partial charge in [0.05, 0.1) is 7.11 Å². The zero-order valence-electron chi connectivity index (χ0n) is 12.8. The van der Waals surface area contributed by atoms with Gasteiger partial charge in [-0.1, -0.05) is 0 Å². The Hall–Kier alpha value is -2.03. The fraction of sp³-hybridized carbons (Fsp3) is 0.571. The molecule has 1 aliphatic carbocycles. The number of rotatable bonds is 2. The van der Waals surface area contributed by atoms with Crippen LogP contribution in [0.1, 0.15) is 6.42 Å². The summed E-state index contributed by atoms with van der Waals surface area (Å²) in [6.07, 6.45) is -1.00. The minimum atomic E-state index is -1.95. The van der Waals surface area contributed by atoms with Crippen LogP contribution in [0.4, 0.5) is 4.79 Å². The van der Waals surface area contributed by atoms with Crippen molar-refractivity contribution in [2.24, 2.45) is 0 Å². The molecular weight excluding hydrogens is 324 g/mol. The number of imide groups is 1. The van der Waals surface area contributed by atoms with Crippen molar-refractivity contribution >= 4 is 35.5 Å². The number of likely N-dealkylation sites (N-methyl/N-ethyl adjacent to an activating group) is 1. The number of hydrogen-bond acceptors (Lipinski definition) is 8. The number of amides is 2. The van der Waals surface area contributed by atoms with Crippen LogP contribution >= 0.6 is 11.8 Å².